The van der Waals surface area contributed by atoms with Crippen molar-refractivity contribution >= 4 is 37.5 Å². The highest BCUT2D eigenvalue weighted by atomic mass is 79.9. The van der Waals surface area contributed by atoms with Gasteiger partial charge in [-0.3, -0.25) is 4.79 Å². The molecule has 2 aromatic rings. The Morgan fingerprint density at radius 3 is 2.54 bits per heavy atom. The third kappa shape index (κ3) is 4.94. The molecule has 2 aromatic carbocycles. The molecule has 0 bridgehead atoms. The molecule has 1 aliphatic rings. The number of hydrogen-bond donors (Lipinski definition) is 2. The van der Waals surface area contributed by atoms with Crippen LogP contribution in [0, 0.1) is 0 Å². The van der Waals surface area contributed by atoms with E-state index in [4.69, 9.17) is 4.74 Å². The molecular formula is C16H12BrF3N2O5S. The maximum Gasteiger partial charge on any atom is 0.573 e. The van der Waals surface area contributed by atoms with Gasteiger partial charge in [-0.25, -0.2) is 13.1 Å². The van der Waals surface area contributed by atoms with Crippen molar-refractivity contribution in [2.45, 2.75) is 17.8 Å². The first-order chi connectivity index (χ1) is 13.0. The lowest BCUT2D eigenvalue weighted by Gasteiger charge is -2.19. The van der Waals surface area contributed by atoms with Gasteiger partial charge in [0.2, 0.25) is 10.0 Å². The van der Waals surface area contributed by atoms with Crippen molar-refractivity contribution < 1.29 is 35.9 Å². The highest BCUT2D eigenvalue weighted by molar-refractivity contribution is 9.10. The van der Waals surface area contributed by atoms with E-state index in [-0.39, 0.29) is 34.2 Å². The number of carbonyl (C=O) groups excluding carboxylic acids is 1. The van der Waals surface area contributed by atoms with E-state index in [1.54, 1.807) is 0 Å². The van der Waals surface area contributed by atoms with Crippen LogP contribution in [0.5, 0.6) is 11.5 Å². The summed E-state index contributed by atoms with van der Waals surface area (Å²) in [6.45, 7) is -0.385. The molecule has 2 N–H and O–H groups in total. The van der Waals surface area contributed by atoms with Crippen LogP contribution in [-0.4, -0.2) is 27.3 Å². The normalized spacial score (nSPS) is 14.1. The highest BCUT2D eigenvalue weighted by Gasteiger charge is 2.31. The molecule has 0 spiro atoms. The van der Waals surface area contributed by atoms with Crippen LogP contribution in [0.3, 0.4) is 0 Å². The Kier molecular flexibility index (Phi) is 5.55. The van der Waals surface area contributed by atoms with Gasteiger partial charge in [-0.05, 0) is 39.7 Å². The van der Waals surface area contributed by atoms with E-state index < -0.39 is 22.1 Å². The number of halogens is 4. The fourth-order valence-electron chi connectivity index (χ4n) is 2.35. The van der Waals surface area contributed by atoms with Crippen LogP contribution in [0.25, 0.3) is 0 Å². The second-order valence-corrected chi connectivity index (χ2v) is 8.22. The van der Waals surface area contributed by atoms with Crippen LogP contribution in [-0.2, 0) is 21.4 Å². The SMILES string of the molecule is O=C1COc2cc(S(=O)(=O)NCc3ccc(OC(F)(F)F)cc3)c(Br)cc2N1. The molecule has 0 atom stereocenters. The Morgan fingerprint density at radius 2 is 1.89 bits per heavy atom. The van der Waals surface area contributed by atoms with Crippen LogP contribution >= 0.6 is 15.9 Å². The number of rotatable bonds is 5. The van der Waals surface area contributed by atoms with Gasteiger partial charge < -0.3 is 14.8 Å². The van der Waals surface area contributed by atoms with Gasteiger partial charge in [0.15, 0.2) is 6.61 Å². The van der Waals surface area contributed by atoms with Crippen molar-refractivity contribution in [1.82, 2.24) is 4.72 Å². The van der Waals surface area contributed by atoms with Gasteiger partial charge in [0.1, 0.15) is 16.4 Å². The summed E-state index contributed by atoms with van der Waals surface area (Å²) in [6, 6.07) is 7.46. The Morgan fingerprint density at radius 1 is 1.21 bits per heavy atom. The number of alkyl halides is 3. The molecule has 0 aliphatic carbocycles. The number of anilines is 1. The zero-order valence-corrected chi connectivity index (χ0v) is 16.2. The lowest BCUT2D eigenvalue weighted by molar-refractivity contribution is -0.274. The van der Waals surface area contributed by atoms with Gasteiger partial charge in [-0.1, -0.05) is 12.1 Å². The summed E-state index contributed by atoms with van der Waals surface area (Å²) in [5, 5.41) is 2.56. The molecule has 0 unspecified atom stereocenters. The quantitative estimate of drug-likeness (QED) is 0.685. The summed E-state index contributed by atoms with van der Waals surface area (Å²) < 4.78 is 73.2. The summed E-state index contributed by atoms with van der Waals surface area (Å²) in [7, 11) is -3.98. The molecule has 0 radical (unpaired) electrons. The first-order valence-corrected chi connectivity index (χ1v) is 9.92. The number of amides is 1. The van der Waals surface area contributed by atoms with Crippen LogP contribution in [0.2, 0.25) is 0 Å². The van der Waals surface area contributed by atoms with Crippen molar-refractivity contribution in [1.29, 1.82) is 0 Å². The molecule has 7 nitrogen and oxygen atoms in total. The van der Waals surface area contributed by atoms with E-state index in [1.807, 2.05) is 0 Å². The standard InChI is InChI=1S/C16H12BrF3N2O5S/c17-11-5-12-13(26-8-15(23)22-12)6-14(11)28(24,25)21-7-9-1-3-10(4-2-9)27-16(18,19)20/h1-6,21H,7-8H2,(H,22,23). The summed E-state index contributed by atoms with van der Waals surface area (Å²) >= 11 is 3.15. The summed E-state index contributed by atoms with van der Waals surface area (Å²) in [4.78, 5) is 11.2. The van der Waals surface area contributed by atoms with Gasteiger partial charge in [0.25, 0.3) is 5.91 Å². The molecular weight excluding hydrogens is 469 g/mol. The third-order valence-corrected chi connectivity index (χ3v) is 5.94. The maximum absolute atomic E-state index is 12.6. The second kappa shape index (κ2) is 7.60. The van der Waals surface area contributed by atoms with Crippen LogP contribution < -0.4 is 19.5 Å². The lowest BCUT2D eigenvalue weighted by Crippen LogP contribution is -2.27. The fourth-order valence-corrected chi connectivity index (χ4v) is 4.43. The molecule has 0 saturated carbocycles. The molecule has 150 valence electrons. The van der Waals surface area contributed by atoms with Crippen LogP contribution in [0.4, 0.5) is 18.9 Å². The zero-order valence-electron chi connectivity index (χ0n) is 13.8. The Labute approximate surface area is 166 Å². The Balaban J connectivity index is 1.73. The van der Waals surface area contributed by atoms with Gasteiger partial charge in [-0.15, -0.1) is 13.2 Å². The van der Waals surface area contributed by atoms with Crippen molar-refractivity contribution in [2.75, 3.05) is 11.9 Å². The van der Waals surface area contributed by atoms with E-state index >= 15 is 0 Å². The van der Waals surface area contributed by atoms with E-state index in [2.05, 4.69) is 30.7 Å². The third-order valence-electron chi connectivity index (χ3n) is 3.58. The fraction of sp³-hybridized carbons (Fsp3) is 0.188. The van der Waals surface area contributed by atoms with Crippen molar-refractivity contribution in [3.05, 3.63) is 46.4 Å². The Hall–Kier alpha value is -2.31. The van der Waals surface area contributed by atoms with Gasteiger partial charge in [-0.2, -0.15) is 0 Å². The average molecular weight is 481 g/mol. The molecule has 12 heteroatoms. The van der Waals surface area contributed by atoms with E-state index in [9.17, 15) is 26.4 Å². The minimum Gasteiger partial charge on any atom is -0.482 e. The van der Waals surface area contributed by atoms with Crippen molar-refractivity contribution in [3.63, 3.8) is 0 Å². The maximum atomic E-state index is 12.6. The number of benzene rings is 2. The summed E-state index contributed by atoms with van der Waals surface area (Å²) in [5.74, 6) is -0.557. The molecule has 0 aromatic heterocycles. The van der Waals surface area contributed by atoms with E-state index in [0.717, 1.165) is 12.1 Å². The van der Waals surface area contributed by atoms with Gasteiger partial charge in [0, 0.05) is 17.1 Å². The number of ether oxygens (including phenoxy) is 2. The number of fused-ring (bicyclic) bond motifs is 1. The van der Waals surface area contributed by atoms with Crippen LogP contribution in [0.1, 0.15) is 5.56 Å². The molecule has 0 fully saturated rings. The number of carbonyl (C=O) groups is 1. The minimum atomic E-state index is -4.80. The van der Waals surface area contributed by atoms with Crippen molar-refractivity contribution in [2.24, 2.45) is 0 Å². The summed E-state index contributed by atoms with van der Waals surface area (Å²) in [6.07, 6.45) is -4.80. The largest absolute Gasteiger partial charge is 0.573 e. The monoisotopic (exact) mass is 480 g/mol. The smallest absolute Gasteiger partial charge is 0.482 e. The Bertz CT molecular complexity index is 1010. The topological polar surface area (TPSA) is 93.7 Å². The predicted molar refractivity (Wildman–Crippen MR) is 95.4 cm³/mol. The van der Waals surface area contributed by atoms with E-state index in [0.29, 0.717) is 11.3 Å². The molecule has 0 saturated heterocycles. The first-order valence-electron chi connectivity index (χ1n) is 7.64. The van der Waals surface area contributed by atoms with Crippen LogP contribution in [0.15, 0.2) is 45.8 Å². The molecule has 3 rings (SSSR count). The predicted octanol–water partition coefficient (Wildman–Crippen LogP) is 3.16. The minimum absolute atomic E-state index is 0.112. The highest BCUT2D eigenvalue weighted by Crippen LogP contribution is 2.35. The second-order valence-electron chi connectivity index (χ2n) is 5.63. The molecule has 1 heterocycles. The van der Waals surface area contributed by atoms with Gasteiger partial charge >= 0.3 is 6.36 Å². The number of nitrogens with one attached hydrogen (secondary N) is 2. The number of hydrogen-bond acceptors (Lipinski definition) is 5. The zero-order chi connectivity index (χ0) is 20.5. The molecule has 28 heavy (non-hydrogen) atoms. The summed E-state index contributed by atoms with van der Waals surface area (Å²) in [5.41, 5.74) is 0.762. The van der Waals surface area contributed by atoms with E-state index in [1.165, 1.54) is 24.3 Å². The average Bonchev–Trinajstić information content (AvgIpc) is 2.59. The molecule has 1 amide bonds. The number of sulfonamides is 1. The van der Waals surface area contributed by atoms with Crippen molar-refractivity contribution in [3.8, 4) is 11.5 Å². The van der Waals surface area contributed by atoms with Gasteiger partial charge in [0.05, 0.1) is 5.69 Å². The molecule has 1 aliphatic heterocycles. The first kappa shape index (κ1) is 20.4. The lowest BCUT2D eigenvalue weighted by atomic mass is 10.2.